The molecule has 0 amide bonds. The molecule has 0 radical (unpaired) electrons. The van der Waals surface area contributed by atoms with E-state index in [0.717, 1.165) is 16.7 Å². The van der Waals surface area contributed by atoms with E-state index in [4.69, 9.17) is 18.1 Å². The van der Waals surface area contributed by atoms with Crippen molar-refractivity contribution in [3.8, 4) is 0 Å². The Morgan fingerprint density at radius 2 is 0.902 bits per heavy atom. The Hall–Kier alpha value is -2.08. The second-order valence-electron chi connectivity index (χ2n) is 9.68. The molecule has 9 heteroatoms. The maximum absolute atomic E-state index is 14.0. The van der Waals surface area contributed by atoms with E-state index in [-0.39, 0.29) is 56.6 Å². The first kappa shape index (κ1) is 33.4. The molecule has 0 aromatic heterocycles. The van der Waals surface area contributed by atoms with Gasteiger partial charge in [0.2, 0.25) is 0 Å². The highest BCUT2D eigenvalue weighted by Gasteiger charge is 2.41. The molecular weight excluding hydrogens is 556 g/mol. The molecule has 0 aliphatic heterocycles. The van der Waals surface area contributed by atoms with Gasteiger partial charge in [-0.15, -0.1) is 0 Å². The van der Waals surface area contributed by atoms with E-state index in [2.05, 4.69) is 17.4 Å². The highest BCUT2D eigenvalue weighted by molar-refractivity contribution is 7.54. The maximum atomic E-state index is 14.0. The van der Waals surface area contributed by atoms with E-state index < -0.39 is 15.2 Å². The lowest BCUT2D eigenvalue weighted by Crippen LogP contribution is -2.42. The van der Waals surface area contributed by atoms with Gasteiger partial charge >= 0.3 is 15.2 Å². The Morgan fingerprint density at radius 3 is 1.24 bits per heavy atom. The Bertz CT molecular complexity index is 1130. The van der Waals surface area contributed by atoms with Crippen LogP contribution in [0.1, 0.15) is 56.2 Å². The molecule has 0 heterocycles. The van der Waals surface area contributed by atoms with Crippen LogP contribution < -0.4 is 5.32 Å². The van der Waals surface area contributed by atoms with E-state index in [9.17, 15) is 9.13 Å². The molecule has 0 spiro atoms. The van der Waals surface area contributed by atoms with E-state index in [1.165, 1.54) is 0 Å². The lowest BCUT2D eigenvalue weighted by molar-refractivity contribution is 0.212. The van der Waals surface area contributed by atoms with Gasteiger partial charge < -0.3 is 23.4 Å². The van der Waals surface area contributed by atoms with Crippen LogP contribution in [0, 0.1) is 0 Å². The third kappa shape index (κ3) is 10.3. The predicted molar refractivity (Wildman–Crippen MR) is 167 cm³/mol. The average Bonchev–Trinajstić information content (AvgIpc) is 2.98. The standard InChI is InChI=1S/C32H45NO6P2/c1-5-36-40(34,37-6-2)25-30(28-20-14-10-15-21-28)32(33-24-27-18-12-9-13-19-27)31(29-22-16-11-17-23-29)26-41(35,38-7-3)39-8-4/h9-23,30-33H,5-8,24-26H2,1-4H3. The van der Waals surface area contributed by atoms with Crippen molar-refractivity contribution in [3.05, 3.63) is 108 Å². The van der Waals surface area contributed by atoms with Crippen molar-refractivity contribution in [1.82, 2.24) is 5.32 Å². The normalized spacial score (nSPS) is 14.4. The minimum absolute atomic E-state index is 0.155. The van der Waals surface area contributed by atoms with Crippen LogP contribution in [0.5, 0.6) is 0 Å². The van der Waals surface area contributed by atoms with Gasteiger partial charge in [-0.25, -0.2) is 0 Å². The van der Waals surface area contributed by atoms with Crippen LogP contribution in [-0.2, 0) is 33.8 Å². The zero-order chi connectivity index (χ0) is 29.6. The van der Waals surface area contributed by atoms with Crippen LogP contribution in [0.25, 0.3) is 0 Å². The molecule has 2 atom stereocenters. The van der Waals surface area contributed by atoms with Crippen LogP contribution in [0.2, 0.25) is 0 Å². The summed E-state index contributed by atoms with van der Waals surface area (Å²) in [4.78, 5) is 0. The second-order valence-corrected chi connectivity index (χ2v) is 13.9. The minimum Gasteiger partial charge on any atom is -0.309 e. The van der Waals surface area contributed by atoms with Gasteiger partial charge in [-0.3, -0.25) is 9.13 Å². The van der Waals surface area contributed by atoms with Crippen LogP contribution in [0.15, 0.2) is 91.0 Å². The molecular formula is C32H45NO6P2. The summed E-state index contributed by atoms with van der Waals surface area (Å²) in [6, 6.07) is 29.8. The van der Waals surface area contributed by atoms with Gasteiger partial charge in [0.25, 0.3) is 0 Å². The summed E-state index contributed by atoms with van der Waals surface area (Å²) in [6.07, 6.45) is 0.310. The predicted octanol–water partition coefficient (Wildman–Crippen LogP) is 8.24. The monoisotopic (exact) mass is 601 g/mol. The van der Waals surface area contributed by atoms with Gasteiger partial charge in [-0.2, -0.15) is 0 Å². The van der Waals surface area contributed by atoms with E-state index in [0.29, 0.717) is 6.54 Å². The smallest absolute Gasteiger partial charge is 0.309 e. The molecule has 7 nitrogen and oxygen atoms in total. The summed E-state index contributed by atoms with van der Waals surface area (Å²) in [7, 11) is -6.94. The van der Waals surface area contributed by atoms with E-state index >= 15 is 0 Å². The number of rotatable bonds is 19. The fourth-order valence-electron chi connectivity index (χ4n) is 5.20. The highest BCUT2D eigenvalue weighted by Crippen LogP contribution is 2.56. The van der Waals surface area contributed by atoms with Crippen molar-refractivity contribution in [1.29, 1.82) is 0 Å². The third-order valence-corrected chi connectivity index (χ3v) is 11.1. The summed E-state index contributed by atoms with van der Waals surface area (Å²) >= 11 is 0. The summed E-state index contributed by atoms with van der Waals surface area (Å²) in [5.74, 6) is -0.628. The number of hydrogen-bond acceptors (Lipinski definition) is 7. The Kier molecular flexibility index (Phi) is 14.0. The Labute approximate surface area is 246 Å². The molecule has 0 fully saturated rings. The Morgan fingerprint density at radius 1 is 0.561 bits per heavy atom. The molecule has 3 aromatic rings. The maximum Gasteiger partial charge on any atom is 0.331 e. The molecule has 0 saturated carbocycles. The third-order valence-electron chi connectivity index (χ3n) is 6.85. The quantitative estimate of drug-likeness (QED) is 0.139. The van der Waals surface area contributed by atoms with Crippen LogP contribution in [0.3, 0.4) is 0 Å². The molecule has 0 saturated heterocycles. The first-order valence-corrected chi connectivity index (χ1v) is 18.0. The van der Waals surface area contributed by atoms with E-state index in [1.54, 1.807) is 0 Å². The van der Waals surface area contributed by atoms with Gasteiger partial charge in [0.15, 0.2) is 0 Å². The van der Waals surface area contributed by atoms with Crippen molar-refractivity contribution in [2.24, 2.45) is 0 Å². The van der Waals surface area contributed by atoms with Gasteiger partial charge in [-0.05, 0) is 44.4 Å². The van der Waals surface area contributed by atoms with Gasteiger partial charge in [0.1, 0.15) is 0 Å². The van der Waals surface area contributed by atoms with Gasteiger partial charge in [-0.1, -0.05) is 91.0 Å². The van der Waals surface area contributed by atoms with Crippen molar-refractivity contribution in [2.45, 2.75) is 52.1 Å². The zero-order valence-corrected chi connectivity index (χ0v) is 26.5. The van der Waals surface area contributed by atoms with Gasteiger partial charge in [0.05, 0.1) is 38.8 Å². The van der Waals surface area contributed by atoms with Crippen LogP contribution in [-0.4, -0.2) is 44.8 Å². The number of nitrogens with one attached hydrogen (secondary N) is 1. The fraction of sp³-hybridized carbons (Fsp3) is 0.438. The highest BCUT2D eigenvalue weighted by atomic mass is 31.2. The van der Waals surface area contributed by atoms with Crippen LogP contribution in [0.4, 0.5) is 0 Å². The first-order valence-electron chi connectivity index (χ1n) is 14.5. The lowest BCUT2D eigenvalue weighted by Gasteiger charge is -2.37. The summed E-state index contributed by atoms with van der Waals surface area (Å²) < 4.78 is 51.3. The van der Waals surface area contributed by atoms with Crippen molar-refractivity contribution in [3.63, 3.8) is 0 Å². The molecule has 2 unspecified atom stereocenters. The molecule has 3 rings (SSSR count). The molecule has 3 aromatic carbocycles. The molecule has 1 N–H and O–H groups in total. The van der Waals surface area contributed by atoms with Crippen LogP contribution >= 0.6 is 15.2 Å². The summed E-state index contributed by atoms with van der Waals surface area (Å²) in [5.41, 5.74) is 3.08. The molecule has 0 bridgehead atoms. The largest absolute Gasteiger partial charge is 0.331 e. The SMILES string of the molecule is CCOP(=O)(CC(c1ccccc1)C(NCc1ccccc1)C(CP(=O)(OCC)OCC)c1ccccc1)OCC. The number of benzene rings is 3. The minimum atomic E-state index is -3.47. The fourth-order valence-corrected chi connectivity index (χ4v) is 9.19. The summed E-state index contributed by atoms with van der Waals surface area (Å²) in [6.45, 7) is 8.92. The summed E-state index contributed by atoms with van der Waals surface area (Å²) in [5, 5.41) is 3.78. The molecule has 0 aliphatic rings. The average molecular weight is 602 g/mol. The second kappa shape index (κ2) is 17.1. The van der Waals surface area contributed by atoms with E-state index in [1.807, 2.05) is 107 Å². The molecule has 41 heavy (non-hydrogen) atoms. The van der Waals surface area contributed by atoms with Crippen molar-refractivity contribution < 1.29 is 27.2 Å². The lowest BCUT2D eigenvalue weighted by atomic mass is 9.81. The molecule has 0 aliphatic carbocycles. The molecule has 224 valence electrons. The Balaban J connectivity index is 2.19. The first-order chi connectivity index (χ1) is 19.9. The topological polar surface area (TPSA) is 83.1 Å². The zero-order valence-electron chi connectivity index (χ0n) is 24.7. The van der Waals surface area contributed by atoms with Crippen molar-refractivity contribution in [2.75, 3.05) is 38.8 Å². The van der Waals surface area contributed by atoms with Crippen molar-refractivity contribution >= 4 is 15.2 Å². The van der Waals surface area contributed by atoms with Gasteiger partial charge in [0, 0.05) is 24.4 Å². The number of hydrogen-bond donors (Lipinski definition) is 1.